The van der Waals surface area contributed by atoms with E-state index < -0.39 is 10.2 Å². The zero-order valence-corrected chi connectivity index (χ0v) is 12.5. The van der Waals surface area contributed by atoms with Crippen molar-refractivity contribution in [3.8, 4) is 0 Å². The highest BCUT2D eigenvalue weighted by Gasteiger charge is 2.19. The molecule has 0 amide bonds. The normalized spacial score (nSPS) is 26.2. The Balaban J connectivity index is 2.17. The maximum absolute atomic E-state index is 12.0. The summed E-state index contributed by atoms with van der Waals surface area (Å²) in [5.74, 6) is 1.27. The van der Waals surface area contributed by atoms with Gasteiger partial charge in [-0.1, -0.05) is 0 Å². The van der Waals surface area contributed by atoms with Crippen LogP contribution < -0.4 is 0 Å². The summed E-state index contributed by atoms with van der Waals surface area (Å²) in [5, 5.41) is 0. The van der Waals surface area contributed by atoms with Crippen molar-refractivity contribution in [3.05, 3.63) is 0 Å². The second-order valence-corrected chi connectivity index (χ2v) is 6.48. The predicted octanol–water partition coefficient (Wildman–Crippen LogP) is 1.26. The molecule has 0 N–H and O–H groups in total. The van der Waals surface area contributed by atoms with Crippen LogP contribution in [0.1, 0.15) is 38.5 Å². The van der Waals surface area contributed by atoms with Gasteiger partial charge in [-0.2, -0.15) is 8.42 Å². The fourth-order valence-corrected chi connectivity index (χ4v) is 3.46. The molecule has 0 aromatic heterocycles. The monoisotopic (exact) mass is 286 g/mol. The minimum atomic E-state index is -3.75. The first-order valence-corrected chi connectivity index (χ1v) is 8.22. The van der Waals surface area contributed by atoms with Gasteiger partial charge >= 0.3 is 10.2 Å². The van der Waals surface area contributed by atoms with E-state index in [1.54, 1.807) is 0 Å². The van der Waals surface area contributed by atoms with Gasteiger partial charge in [0, 0.05) is 40.0 Å². The van der Waals surface area contributed by atoms with Gasteiger partial charge < -0.3 is 9.80 Å². The molecular formula is C12H22N4O2S. The molecule has 0 radical (unpaired) electrons. The Morgan fingerprint density at radius 2 is 1.26 bits per heavy atom. The van der Waals surface area contributed by atoms with E-state index in [-0.39, 0.29) is 0 Å². The topological polar surface area (TPSA) is 65.3 Å². The van der Waals surface area contributed by atoms with Crippen LogP contribution in [0.5, 0.6) is 0 Å². The molecule has 2 aliphatic heterocycles. The van der Waals surface area contributed by atoms with Crippen molar-refractivity contribution < 1.29 is 8.42 Å². The maximum Gasteiger partial charge on any atom is 0.366 e. The number of nitrogens with zero attached hydrogens (tertiary/aromatic N) is 4. The van der Waals surface area contributed by atoms with Crippen LogP contribution >= 0.6 is 0 Å². The lowest BCUT2D eigenvalue weighted by Crippen LogP contribution is -2.33. The predicted molar refractivity (Wildman–Crippen MR) is 76.8 cm³/mol. The molecule has 2 rings (SSSR count). The van der Waals surface area contributed by atoms with Gasteiger partial charge in [-0.05, 0) is 25.7 Å². The molecule has 6 nitrogen and oxygen atoms in total. The quantitative estimate of drug-likeness (QED) is 0.766. The Hall–Kier alpha value is -1.11. The highest BCUT2D eigenvalue weighted by molar-refractivity contribution is 7.89. The lowest BCUT2D eigenvalue weighted by Gasteiger charge is -2.26. The van der Waals surface area contributed by atoms with E-state index in [0.717, 1.165) is 51.6 Å². The number of hydrogen-bond donors (Lipinski definition) is 0. The fourth-order valence-electron chi connectivity index (χ4n) is 2.42. The number of rotatable bonds is 2. The molecule has 0 bridgehead atoms. The van der Waals surface area contributed by atoms with E-state index >= 15 is 0 Å². The number of likely N-dealkylation sites (tertiary alicyclic amines) is 2. The lowest BCUT2D eigenvalue weighted by atomic mass is 10.1. The van der Waals surface area contributed by atoms with Crippen LogP contribution in [-0.2, 0) is 10.2 Å². The Bertz CT molecular complexity index is 446. The largest absolute Gasteiger partial charge is 0.366 e. The smallest absolute Gasteiger partial charge is 0.362 e. The van der Waals surface area contributed by atoms with E-state index in [0.29, 0.717) is 11.7 Å². The van der Waals surface area contributed by atoms with Gasteiger partial charge in [0.2, 0.25) is 0 Å². The minimum Gasteiger partial charge on any atom is -0.362 e. The molecule has 0 atom stereocenters. The van der Waals surface area contributed by atoms with Gasteiger partial charge in [-0.3, -0.25) is 0 Å². The summed E-state index contributed by atoms with van der Waals surface area (Å²) in [5.41, 5.74) is 0. The van der Waals surface area contributed by atoms with Gasteiger partial charge in [0.05, 0.1) is 0 Å². The molecule has 0 unspecified atom stereocenters. The number of piperidine rings is 2. The molecule has 0 aliphatic carbocycles. The summed E-state index contributed by atoms with van der Waals surface area (Å²) in [7, 11) is 0.0106. The second-order valence-electron chi connectivity index (χ2n) is 5.22. The first-order valence-electron chi connectivity index (χ1n) is 6.83. The number of hydrogen-bond acceptors (Lipinski definition) is 2. The molecular weight excluding hydrogens is 264 g/mol. The Kier molecular flexibility index (Phi) is 4.44. The summed E-state index contributed by atoms with van der Waals surface area (Å²) in [4.78, 5) is 3.82. The highest BCUT2D eigenvalue weighted by atomic mass is 32.2. The van der Waals surface area contributed by atoms with Gasteiger partial charge in [0.25, 0.3) is 0 Å². The van der Waals surface area contributed by atoms with Crippen molar-refractivity contribution in [3.63, 3.8) is 0 Å². The molecule has 0 saturated carbocycles. The zero-order chi connectivity index (χ0) is 13.9. The van der Waals surface area contributed by atoms with Crippen LogP contribution in [0.3, 0.4) is 0 Å². The van der Waals surface area contributed by atoms with Gasteiger partial charge in [-0.15, -0.1) is 8.80 Å². The van der Waals surface area contributed by atoms with Crippen LogP contribution in [0.15, 0.2) is 8.80 Å². The SMILES string of the molecule is CN1CCCCC1=NS(=O)(=O)N=C1CCCCN1C. The van der Waals surface area contributed by atoms with Crippen molar-refractivity contribution in [1.29, 1.82) is 0 Å². The fraction of sp³-hybridized carbons (Fsp3) is 0.833. The van der Waals surface area contributed by atoms with Gasteiger partial charge in [-0.25, -0.2) is 0 Å². The average molecular weight is 286 g/mol. The van der Waals surface area contributed by atoms with Crippen molar-refractivity contribution >= 4 is 21.9 Å². The van der Waals surface area contributed by atoms with Gasteiger partial charge in [0.15, 0.2) is 0 Å². The lowest BCUT2D eigenvalue weighted by molar-refractivity contribution is 0.433. The zero-order valence-electron chi connectivity index (χ0n) is 11.7. The molecule has 2 aliphatic rings. The van der Waals surface area contributed by atoms with Crippen molar-refractivity contribution in [1.82, 2.24) is 9.80 Å². The van der Waals surface area contributed by atoms with Crippen LogP contribution in [0.2, 0.25) is 0 Å². The van der Waals surface area contributed by atoms with Gasteiger partial charge in [0.1, 0.15) is 11.7 Å². The Labute approximate surface area is 115 Å². The summed E-state index contributed by atoms with van der Waals surface area (Å²) >= 11 is 0. The van der Waals surface area contributed by atoms with Crippen molar-refractivity contribution in [2.45, 2.75) is 38.5 Å². The molecule has 2 heterocycles. The molecule has 0 aromatic rings. The van der Waals surface area contributed by atoms with Crippen LogP contribution in [0, 0.1) is 0 Å². The standard InChI is InChI=1S/C12H22N4O2S/c1-15-9-5-3-7-11(15)13-19(17,18)14-12-8-4-6-10-16(12)2/h3-10H2,1-2H3. The van der Waals surface area contributed by atoms with Crippen LogP contribution in [0.4, 0.5) is 0 Å². The van der Waals surface area contributed by atoms with Crippen molar-refractivity contribution in [2.24, 2.45) is 8.80 Å². The average Bonchev–Trinajstić information content (AvgIpc) is 2.35. The highest BCUT2D eigenvalue weighted by Crippen LogP contribution is 2.15. The molecule has 0 spiro atoms. The van der Waals surface area contributed by atoms with Crippen LogP contribution in [-0.4, -0.2) is 57.1 Å². The molecule has 7 heteroatoms. The summed E-state index contributed by atoms with van der Waals surface area (Å²) in [6, 6.07) is 0. The summed E-state index contributed by atoms with van der Waals surface area (Å²) in [6.45, 7) is 1.73. The van der Waals surface area contributed by atoms with Crippen LogP contribution in [0.25, 0.3) is 0 Å². The van der Waals surface area contributed by atoms with E-state index in [9.17, 15) is 8.42 Å². The Morgan fingerprint density at radius 1 is 0.842 bits per heavy atom. The third kappa shape index (κ3) is 3.92. The Morgan fingerprint density at radius 3 is 1.63 bits per heavy atom. The molecule has 19 heavy (non-hydrogen) atoms. The van der Waals surface area contributed by atoms with Crippen molar-refractivity contribution in [2.75, 3.05) is 27.2 Å². The molecule has 2 fully saturated rings. The number of amidine groups is 2. The molecule has 0 aromatic carbocycles. The minimum absolute atomic E-state index is 0.633. The first kappa shape index (κ1) is 14.3. The van der Waals surface area contributed by atoms with E-state index in [2.05, 4.69) is 8.80 Å². The summed E-state index contributed by atoms with van der Waals surface area (Å²) in [6.07, 6.45) is 5.61. The third-order valence-electron chi connectivity index (χ3n) is 3.61. The van der Waals surface area contributed by atoms with E-state index in [1.165, 1.54) is 0 Å². The second kappa shape index (κ2) is 5.90. The first-order chi connectivity index (χ1) is 8.98. The molecule has 2 saturated heterocycles. The summed E-state index contributed by atoms with van der Waals surface area (Å²) < 4.78 is 31.8. The van der Waals surface area contributed by atoms with E-state index in [4.69, 9.17) is 0 Å². The maximum atomic E-state index is 12.0. The van der Waals surface area contributed by atoms with E-state index in [1.807, 2.05) is 23.9 Å². The third-order valence-corrected chi connectivity index (χ3v) is 4.49. The molecule has 108 valence electrons.